The van der Waals surface area contributed by atoms with Gasteiger partial charge in [-0.1, -0.05) is 18.2 Å². The number of fused-ring (bicyclic) bond motifs is 1. The van der Waals surface area contributed by atoms with Crippen LogP contribution in [0.4, 0.5) is 17.6 Å². The van der Waals surface area contributed by atoms with Crippen molar-refractivity contribution >= 4 is 16.8 Å². The molecule has 3 nitrogen and oxygen atoms in total. The van der Waals surface area contributed by atoms with Gasteiger partial charge in [-0.25, -0.2) is 4.39 Å². The van der Waals surface area contributed by atoms with E-state index in [1.54, 1.807) is 19.1 Å². The monoisotopic (exact) mass is 362 g/mol. The van der Waals surface area contributed by atoms with Crippen LogP contribution in [-0.4, -0.2) is 10.9 Å². The number of amides is 1. The zero-order chi connectivity index (χ0) is 18.9. The third kappa shape index (κ3) is 3.66. The molecule has 1 amide bonds. The molecule has 0 aliphatic rings. The van der Waals surface area contributed by atoms with Crippen molar-refractivity contribution in [2.45, 2.75) is 19.1 Å². The van der Waals surface area contributed by atoms with Crippen LogP contribution in [0.2, 0.25) is 0 Å². The van der Waals surface area contributed by atoms with Gasteiger partial charge in [0, 0.05) is 11.6 Å². The summed E-state index contributed by atoms with van der Waals surface area (Å²) in [5, 5.41) is 3.06. The first-order chi connectivity index (χ1) is 12.3. The molecule has 1 atom stereocenters. The minimum Gasteiger partial charge on any atom is -0.345 e. The molecule has 0 saturated heterocycles. The molecular formula is C19H14F4N2O. The van der Waals surface area contributed by atoms with Crippen LogP contribution in [0.15, 0.2) is 54.7 Å². The van der Waals surface area contributed by atoms with Gasteiger partial charge in [0.1, 0.15) is 5.82 Å². The van der Waals surface area contributed by atoms with Gasteiger partial charge < -0.3 is 5.32 Å². The van der Waals surface area contributed by atoms with E-state index in [9.17, 15) is 22.4 Å². The van der Waals surface area contributed by atoms with E-state index in [1.165, 1.54) is 24.4 Å². The van der Waals surface area contributed by atoms with Crippen molar-refractivity contribution in [3.05, 3.63) is 77.2 Å². The highest BCUT2D eigenvalue weighted by atomic mass is 19.4. The summed E-state index contributed by atoms with van der Waals surface area (Å²) in [7, 11) is 0. The fourth-order valence-corrected chi connectivity index (χ4v) is 2.67. The third-order valence-corrected chi connectivity index (χ3v) is 3.98. The second-order valence-electron chi connectivity index (χ2n) is 5.85. The zero-order valence-electron chi connectivity index (χ0n) is 13.6. The van der Waals surface area contributed by atoms with Crippen LogP contribution >= 0.6 is 0 Å². The fraction of sp³-hybridized carbons (Fsp3) is 0.158. The molecule has 0 spiro atoms. The van der Waals surface area contributed by atoms with Crippen LogP contribution in [0, 0.1) is 5.82 Å². The Hall–Kier alpha value is -2.96. The molecule has 7 heteroatoms. The summed E-state index contributed by atoms with van der Waals surface area (Å²) in [4.78, 5) is 16.6. The van der Waals surface area contributed by atoms with E-state index >= 15 is 0 Å². The van der Waals surface area contributed by atoms with Crippen LogP contribution < -0.4 is 5.32 Å². The lowest BCUT2D eigenvalue weighted by Crippen LogP contribution is -2.27. The van der Waals surface area contributed by atoms with Crippen molar-refractivity contribution in [2.24, 2.45) is 0 Å². The molecule has 134 valence electrons. The number of benzene rings is 2. The second kappa shape index (κ2) is 6.74. The first-order valence-electron chi connectivity index (χ1n) is 7.78. The number of halogens is 4. The Bertz CT molecular complexity index is 969. The molecule has 0 radical (unpaired) electrons. The van der Waals surface area contributed by atoms with Crippen molar-refractivity contribution in [1.29, 1.82) is 0 Å². The van der Waals surface area contributed by atoms with Crippen molar-refractivity contribution in [3.8, 4) is 0 Å². The third-order valence-electron chi connectivity index (χ3n) is 3.98. The average molecular weight is 362 g/mol. The fourth-order valence-electron chi connectivity index (χ4n) is 2.67. The number of aromatic nitrogens is 1. The van der Waals surface area contributed by atoms with E-state index in [-0.39, 0.29) is 5.56 Å². The van der Waals surface area contributed by atoms with Crippen LogP contribution in [0.3, 0.4) is 0 Å². The lowest BCUT2D eigenvalue weighted by atomic mass is 10.0. The Morgan fingerprint density at radius 3 is 2.62 bits per heavy atom. The number of carbonyl (C=O) groups is 1. The van der Waals surface area contributed by atoms with Crippen molar-refractivity contribution < 1.29 is 22.4 Å². The van der Waals surface area contributed by atoms with E-state index in [2.05, 4.69) is 10.3 Å². The van der Waals surface area contributed by atoms with Gasteiger partial charge >= 0.3 is 6.18 Å². The lowest BCUT2D eigenvalue weighted by molar-refractivity contribution is -0.137. The number of nitrogens with one attached hydrogen (secondary N) is 1. The van der Waals surface area contributed by atoms with Gasteiger partial charge in [-0.3, -0.25) is 9.78 Å². The van der Waals surface area contributed by atoms with E-state index < -0.39 is 29.5 Å². The molecule has 1 N–H and O–H groups in total. The quantitative estimate of drug-likeness (QED) is 0.675. The predicted molar refractivity (Wildman–Crippen MR) is 89.0 cm³/mol. The highest BCUT2D eigenvalue weighted by Gasteiger charge is 2.30. The maximum atomic E-state index is 13.8. The Morgan fingerprint density at radius 2 is 1.88 bits per heavy atom. The molecule has 0 saturated carbocycles. The summed E-state index contributed by atoms with van der Waals surface area (Å²) >= 11 is 0. The molecule has 0 bridgehead atoms. The maximum Gasteiger partial charge on any atom is 0.416 e. The van der Waals surface area contributed by atoms with Gasteiger partial charge in [-0.2, -0.15) is 13.2 Å². The Morgan fingerprint density at radius 1 is 1.12 bits per heavy atom. The highest BCUT2D eigenvalue weighted by Crippen LogP contribution is 2.30. The molecule has 1 heterocycles. The summed E-state index contributed by atoms with van der Waals surface area (Å²) in [6.45, 7) is 1.56. The summed E-state index contributed by atoms with van der Waals surface area (Å²) in [6.07, 6.45) is -2.99. The molecule has 0 aliphatic carbocycles. The SMILES string of the molecule is CC(NC(=O)c1cc(F)cc2cccnc12)c1cccc(C(F)(F)F)c1. The van der Waals surface area contributed by atoms with Gasteiger partial charge in [-0.05, 0) is 42.8 Å². The predicted octanol–water partition coefficient (Wildman–Crippen LogP) is 4.88. The first-order valence-corrected chi connectivity index (χ1v) is 7.78. The standard InChI is InChI=1S/C19H14F4N2O/c1-11(12-4-2-6-14(8-12)19(21,22)23)25-18(26)16-10-15(20)9-13-5-3-7-24-17(13)16/h2-11H,1H3,(H,25,26). The zero-order valence-corrected chi connectivity index (χ0v) is 13.6. The molecular weight excluding hydrogens is 348 g/mol. The number of carbonyl (C=O) groups excluding carboxylic acids is 1. The molecule has 1 aromatic heterocycles. The topological polar surface area (TPSA) is 42.0 Å². The van der Waals surface area contributed by atoms with E-state index in [0.29, 0.717) is 16.5 Å². The van der Waals surface area contributed by atoms with E-state index in [4.69, 9.17) is 0 Å². The molecule has 26 heavy (non-hydrogen) atoms. The largest absolute Gasteiger partial charge is 0.416 e. The second-order valence-corrected chi connectivity index (χ2v) is 5.85. The van der Waals surface area contributed by atoms with E-state index in [0.717, 1.165) is 18.2 Å². The van der Waals surface area contributed by atoms with Gasteiger partial charge in [0.25, 0.3) is 5.91 Å². The van der Waals surface area contributed by atoms with Crippen molar-refractivity contribution in [1.82, 2.24) is 10.3 Å². The Labute approximate surface area is 146 Å². The normalized spacial score (nSPS) is 12.8. The Kier molecular flexibility index (Phi) is 4.63. The van der Waals surface area contributed by atoms with Crippen LogP contribution in [0.5, 0.6) is 0 Å². The van der Waals surface area contributed by atoms with Gasteiger partial charge in [0.15, 0.2) is 0 Å². The summed E-state index contributed by atoms with van der Waals surface area (Å²) < 4.78 is 52.3. The van der Waals surface area contributed by atoms with Gasteiger partial charge in [0.2, 0.25) is 0 Å². The van der Waals surface area contributed by atoms with E-state index in [1.807, 2.05) is 0 Å². The molecule has 2 aromatic carbocycles. The van der Waals surface area contributed by atoms with Gasteiger partial charge in [0.05, 0.1) is 22.7 Å². The highest BCUT2D eigenvalue weighted by molar-refractivity contribution is 6.05. The number of nitrogens with zero attached hydrogens (tertiary/aromatic N) is 1. The van der Waals surface area contributed by atoms with Crippen LogP contribution in [-0.2, 0) is 6.18 Å². The maximum absolute atomic E-state index is 13.8. The molecule has 0 aliphatic heterocycles. The average Bonchev–Trinajstić information content (AvgIpc) is 2.60. The number of pyridine rings is 1. The summed E-state index contributed by atoms with van der Waals surface area (Å²) in [6, 6.07) is 9.56. The van der Waals surface area contributed by atoms with Crippen molar-refractivity contribution in [2.75, 3.05) is 0 Å². The molecule has 3 aromatic rings. The number of hydrogen-bond acceptors (Lipinski definition) is 2. The number of alkyl halides is 3. The summed E-state index contributed by atoms with van der Waals surface area (Å²) in [5.41, 5.74) is -0.155. The number of hydrogen-bond donors (Lipinski definition) is 1. The first kappa shape index (κ1) is 17.8. The van der Waals surface area contributed by atoms with Crippen LogP contribution in [0.1, 0.15) is 34.5 Å². The molecule has 1 unspecified atom stereocenters. The smallest absolute Gasteiger partial charge is 0.345 e. The van der Waals surface area contributed by atoms with Crippen LogP contribution in [0.25, 0.3) is 10.9 Å². The molecule has 0 fully saturated rings. The lowest BCUT2D eigenvalue weighted by Gasteiger charge is -2.17. The minimum atomic E-state index is -4.47. The summed E-state index contributed by atoms with van der Waals surface area (Å²) in [5.74, 6) is -1.21. The molecule has 3 rings (SSSR count). The van der Waals surface area contributed by atoms with Gasteiger partial charge in [-0.15, -0.1) is 0 Å². The minimum absolute atomic E-state index is 0.0272. The Balaban J connectivity index is 1.89. The number of rotatable bonds is 3. The van der Waals surface area contributed by atoms with Crippen molar-refractivity contribution in [3.63, 3.8) is 0 Å².